The van der Waals surface area contributed by atoms with Gasteiger partial charge in [-0.25, -0.2) is 4.39 Å². The molecule has 1 aliphatic heterocycles. The highest BCUT2D eigenvalue weighted by Crippen LogP contribution is 2.41. The molecular formula is C23H25ClFNO2. The molecule has 5 heteroatoms. The number of hydrogen-bond acceptors (Lipinski definition) is 2. The fraction of sp³-hybridized carbons (Fsp3) is 0.435. The maximum atomic E-state index is 13.1. The van der Waals surface area contributed by atoms with Gasteiger partial charge in [0.25, 0.3) is 0 Å². The average molecular weight is 402 g/mol. The van der Waals surface area contributed by atoms with Crippen molar-refractivity contribution in [3.05, 3.63) is 70.5 Å². The highest BCUT2D eigenvalue weighted by Gasteiger charge is 2.40. The molecule has 0 unspecified atom stereocenters. The van der Waals surface area contributed by atoms with Gasteiger partial charge < -0.3 is 10.1 Å². The van der Waals surface area contributed by atoms with Crippen LogP contribution in [0.2, 0.25) is 5.02 Å². The summed E-state index contributed by atoms with van der Waals surface area (Å²) in [5, 5.41) is 3.95. The van der Waals surface area contributed by atoms with Crippen molar-refractivity contribution in [1.82, 2.24) is 5.32 Å². The second-order valence-corrected chi connectivity index (χ2v) is 8.32. The zero-order valence-corrected chi connectivity index (χ0v) is 16.5. The Morgan fingerprint density at radius 2 is 1.93 bits per heavy atom. The first-order valence-electron chi connectivity index (χ1n) is 10.0. The molecule has 148 valence electrons. The Morgan fingerprint density at radius 1 is 1.14 bits per heavy atom. The molecule has 4 atom stereocenters. The SMILES string of the molecule is O=C(Cc1ccc(F)cc1)N[C@H]1C[C@@H](c2cccc(Cl)c2)O[C@H]2CCCC[C@H]12. The van der Waals surface area contributed by atoms with Crippen LogP contribution in [-0.2, 0) is 16.0 Å². The third-order valence-electron chi connectivity index (χ3n) is 5.92. The summed E-state index contributed by atoms with van der Waals surface area (Å²) in [4.78, 5) is 12.7. The van der Waals surface area contributed by atoms with Gasteiger partial charge in [-0.2, -0.15) is 0 Å². The lowest BCUT2D eigenvalue weighted by Gasteiger charge is -2.45. The topological polar surface area (TPSA) is 38.3 Å². The van der Waals surface area contributed by atoms with Gasteiger partial charge in [-0.05, 0) is 54.7 Å². The van der Waals surface area contributed by atoms with Gasteiger partial charge >= 0.3 is 0 Å². The minimum atomic E-state index is -0.289. The molecular weight excluding hydrogens is 377 g/mol. The summed E-state index contributed by atoms with van der Waals surface area (Å²) in [6, 6.07) is 14.0. The molecule has 1 amide bonds. The molecule has 2 aromatic carbocycles. The predicted octanol–water partition coefficient (Wildman–Crippen LogP) is 5.23. The molecule has 2 aliphatic rings. The molecule has 1 aliphatic carbocycles. The molecule has 28 heavy (non-hydrogen) atoms. The quantitative estimate of drug-likeness (QED) is 0.762. The predicted molar refractivity (Wildman–Crippen MR) is 108 cm³/mol. The molecule has 2 aromatic rings. The summed E-state index contributed by atoms with van der Waals surface area (Å²) >= 11 is 6.17. The normalized spacial score (nSPS) is 27.1. The molecule has 2 fully saturated rings. The molecule has 1 N–H and O–H groups in total. The molecule has 3 nitrogen and oxygen atoms in total. The molecule has 0 aromatic heterocycles. The molecule has 1 saturated heterocycles. The lowest BCUT2D eigenvalue weighted by atomic mass is 9.76. The Labute approximate surface area is 170 Å². The summed E-state index contributed by atoms with van der Waals surface area (Å²) in [6.45, 7) is 0. The molecule has 4 rings (SSSR count). The maximum Gasteiger partial charge on any atom is 0.224 e. The summed E-state index contributed by atoms with van der Waals surface area (Å²) in [5.74, 6) is 0.0389. The van der Waals surface area contributed by atoms with Crippen LogP contribution in [0.15, 0.2) is 48.5 Å². The molecule has 0 bridgehead atoms. The van der Waals surface area contributed by atoms with Gasteiger partial charge in [0.15, 0.2) is 0 Å². The zero-order valence-electron chi connectivity index (χ0n) is 15.7. The van der Waals surface area contributed by atoms with Crippen LogP contribution in [0.4, 0.5) is 4.39 Å². The van der Waals surface area contributed by atoms with Crippen molar-refractivity contribution < 1.29 is 13.9 Å². The van der Waals surface area contributed by atoms with Gasteiger partial charge in [-0.3, -0.25) is 4.79 Å². The number of rotatable bonds is 4. The van der Waals surface area contributed by atoms with E-state index in [0.717, 1.165) is 30.4 Å². The van der Waals surface area contributed by atoms with E-state index in [-0.39, 0.29) is 36.4 Å². The molecule has 0 radical (unpaired) electrons. The van der Waals surface area contributed by atoms with E-state index in [1.807, 2.05) is 24.3 Å². The number of fused-ring (bicyclic) bond motifs is 1. The number of benzene rings is 2. The summed E-state index contributed by atoms with van der Waals surface area (Å²) < 4.78 is 19.5. The van der Waals surface area contributed by atoms with Gasteiger partial charge in [0.1, 0.15) is 5.82 Å². The average Bonchev–Trinajstić information content (AvgIpc) is 2.69. The largest absolute Gasteiger partial charge is 0.370 e. The van der Waals surface area contributed by atoms with Crippen LogP contribution < -0.4 is 5.32 Å². The van der Waals surface area contributed by atoms with Crippen molar-refractivity contribution in [2.45, 2.75) is 56.8 Å². The van der Waals surface area contributed by atoms with E-state index in [9.17, 15) is 9.18 Å². The van der Waals surface area contributed by atoms with Crippen molar-refractivity contribution in [2.24, 2.45) is 5.92 Å². The van der Waals surface area contributed by atoms with E-state index < -0.39 is 0 Å². The Morgan fingerprint density at radius 3 is 2.71 bits per heavy atom. The van der Waals surface area contributed by atoms with Crippen molar-refractivity contribution in [3.8, 4) is 0 Å². The molecule has 1 heterocycles. The summed E-state index contributed by atoms with van der Waals surface area (Å²) in [6.07, 6.45) is 5.57. The minimum absolute atomic E-state index is 0.0207. The smallest absolute Gasteiger partial charge is 0.224 e. The van der Waals surface area contributed by atoms with Gasteiger partial charge in [-0.15, -0.1) is 0 Å². The number of amides is 1. The highest BCUT2D eigenvalue weighted by atomic mass is 35.5. The van der Waals surface area contributed by atoms with E-state index in [4.69, 9.17) is 16.3 Å². The van der Waals surface area contributed by atoms with Gasteiger partial charge in [-0.1, -0.05) is 48.7 Å². The number of halogens is 2. The van der Waals surface area contributed by atoms with E-state index in [2.05, 4.69) is 5.32 Å². The van der Waals surface area contributed by atoms with Crippen LogP contribution in [0.5, 0.6) is 0 Å². The molecule has 0 spiro atoms. The van der Waals surface area contributed by atoms with Crippen molar-refractivity contribution in [2.75, 3.05) is 0 Å². The highest BCUT2D eigenvalue weighted by molar-refractivity contribution is 6.30. The lowest BCUT2D eigenvalue weighted by molar-refractivity contribution is -0.132. The second kappa shape index (κ2) is 8.62. The van der Waals surface area contributed by atoms with Crippen LogP contribution >= 0.6 is 11.6 Å². The number of ether oxygens (including phenoxy) is 1. The Balaban J connectivity index is 1.48. The van der Waals surface area contributed by atoms with Crippen molar-refractivity contribution in [3.63, 3.8) is 0 Å². The van der Waals surface area contributed by atoms with Crippen LogP contribution in [0, 0.1) is 11.7 Å². The van der Waals surface area contributed by atoms with Crippen molar-refractivity contribution >= 4 is 17.5 Å². The summed E-state index contributed by atoms with van der Waals surface area (Å²) in [7, 11) is 0. The third-order valence-corrected chi connectivity index (χ3v) is 6.16. The maximum absolute atomic E-state index is 13.1. The second-order valence-electron chi connectivity index (χ2n) is 7.88. The minimum Gasteiger partial charge on any atom is -0.370 e. The van der Waals surface area contributed by atoms with E-state index >= 15 is 0 Å². The standard InChI is InChI=1S/C23H25ClFNO2/c24-17-5-3-4-16(13-17)22-14-20(19-6-1-2-7-21(19)28-22)26-23(27)12-15-8-10-18(25)11-9-15/h3-5,8-11,13,19-22H,1-2,6-7,12,14H2,(H,26,27)/t19-,20+,21+,22+/m1/s1. The van der Waals surface area contributed by atoms with E-state index in [1.54, 1.807) is 12.1 Å². The zero-order chi connectivity index (χ0) is 19.5. The van der Waals surface area contributed by atoms with Crippen LogP contribution in [0.25, 0.3) is 0 Å². The van der Waals surface area contributed by atoms with Crippen molar-refractivity contribution in [1.29, 1.82) is 0 Å². The lowest BCUT2D eigenvalue weighted by Crippen LogP contribution is -2.51. The fourth-order valence-corrected chi connectivity index (χ4v) is 4.76. The van der Waals surface area contributed by atoms with E-state index in [1.165, 1.54) is 25.0 Å². The number of carbonyl (C=O) groups excluding carboxylic acids is 1. The Bertz CT molecular complexity index is 826. The first kappa shape index (κ1) is 19.4. The van der Waals surface area contributed by atoms with Crippen LogP contribution in [0.3, 0.4) is 0 Å². The first-order chi connectivity index (χ1) is 13.6. The monoisotopic (exact) mass is 401 g/mol. The number of carbonyl (C=O) groups is 1. The Hall–Kier alpha value is -1.91. The molecule has 1 saturated carbocycles. The Kier molecular flexibility index (Phi) is 5.98. The van der Waals surface area contributed by atoms with Gasteiger partial charge in [0, 0.05) is 17.0 Å². The third kappa shape index (κ3) is 4.56. The van der Waals surface area contributed by atoms with Crippen LogP contribution in [0.1, 0.15) is 49.3 Å². The van der Waals surface area contributed by atoms with E-state index in [0.29, 0.717) is 10.9 Å². The fourth-order valence-electron chi connectivity index (χ4n) is 4.56. The number of nitrogens with one attached hydrogen (secondary N) is 1. The summed E-state index contributed by atoms with van der Waals surface area (Å²) in [5.41, 5.74) is 1.88. The first-order valence-corrected chi connectivity index (χ1v) is 10.4. The van der Waals surface area contributed by atoms with Crippen LogP contribution in [-0.4, -0.2) is 18.1 Å². The van der Waals surface area contributed by atoms with Gasteiger partial charge in [0.05, 0.1) is 18.6 Å². The number of hydrogen-bond donors (Lipinski definition) is 1. The van der Waals surface area contributed by atoms with Gasteiger partial charge in [0.2, 0.25) is 5.91 Å².